The smallest absolute Gasteiger partial charge is 0.133 e. The van der Waals surface area contributed by atoms with Crippen LogP contribution in [0.3, 0.4) is 0 Å². The van der Waals surface area contributed by atoms with Crippen molar-refractivity contribution >= 4 is 0 Å². The fourth-order valence-corrected chi connectivity index (χ4v) is 1.35. The molecule has 0 spiro atoms. The van der Waals surface area contributed by atoms with E-state index in [1.807, 2.05) is 13.0 Å². The first-order valence-electron chi connectivity index (χ1n) is 4.90. The minimum atomic E-state index is 0.176. The van der Waals surface area contributed by atoms with Crippen molar-refractivity contribution < 1.29 is 9.63 Å². The topological polar surface area (TPSA) is 49.5 Å². The van der Waals surface area contributed by atoms with Gasteiger partial charge in [0.05, 0.1) is 12.3 Å². The van der Waals surface area contributed by atoms with Crippen LogP contribution in [0.15, 0.2) is 10.6 Å². The van der Waals surface area contributed by atoms with Gasteiger partial charge in [-0.2, -0.15) is 0 Å². The van der Waals surface area contributed by atoms with Crippen LogP contribution >= 0.6 is 0 Å². The van der Waals surface area contributed by atoms with Crippen LogP contribution in [0, 0.1) is 6.92 Å². The second-order valence-electron chi connectivity index (χ2n) is 3.72. The van der Waals surface area contributed by atoms with Gasteiger partial charge in [-0.3, -0.25) is 4.90 Å². The molecule has 0 atom stereocenters. The fourth-order valence-electron chi connectivity index (χ4n) is 1.35. The number of rotatable bonds is 5. The highest BCUT2D eigenvalue weighted by molar-refractivity contribution is 5.03. The molecule has 1 N–H and O–H groups in total. The predicted octanol–water partition coefficient (Wildman–Crippen LogP) is 1.19. The van der Waals surface area contributed by atoms with E-state index in [0.29, 0.717) is 12.6 Å². The molecular weight excluding hydrogens is 180 g/mol. The van der Waals surface area contributed by atoms with Gasteiger partial charge in [0.15, 0.2) is 0 Å². The highest BCUT2D eigenvalue weighted by Gasteiger charge is 2.11. The Kier molecular flexibility index (Phi) is 4.10. The minimum Gasteiger partial charge on any atom is -0.395 e. The van der Waals surface area contributed by atoms with Crippen LogP contribution in [-0.4, -0.2) is 34.4 Å². The van der Waals surface area contributed by atoms with Crippen molar-refractivity contribution in [3.05, 3.63) is 17.5 Å². The van der Waals surface area contributed by atoms with Crippen LogP contribution in [-0.2, 0) is 6.54 Å². The summed E-state index contributed by atoms with van der Waals surface area (Å²) in [5, 5.41) is 12.8. The highest BCUT2D eigenvalue weighted by atomic mass is 16.5. The molecule has 0 aliphatic carbocycles. The van der Waals surface area contributed by atoms with Crippen LogP contribution in [0.2, 0.25) is 0 Å². The molecule has 0 unspecified atom stereocenters. The number of hydrogen-bond acceptors (Lipinski definition) is 4. The maximum atomic E-state index is 8.88. The summed E-state index contributed by atoms with van der Waals surface area (Å²) in [6.45, 7) is 7.65. The molecule has 0 saturated carbocycles. The lowest BCUT2D eigenvalue weighted by Crippen LogP contribution is -2.32. The number of hydrogen-bond donors (Lipinski definition) is 1. The van der Waals surface area contributed by atoms with Crippen LogP contribution in [0.25, 0.3) is 0 Å². The fraction of sp³-hybridized carbons (Fsp3) is 0.700. The largest absolute Gasteiger partial charge is 0.395 e. The molecule has 4 heteroatoms. The first-order valence-corrected chi connectivity index (χ1v) is 4.90. The summed E-state index contributed by atoms with van der Waals surface area (Å²) < 4.78 is 4.98. The first-order chi connectivity index (χ1) is 6.63. The predicted molar refractivity (Wildman–Crippen MR) is 53.9 cm³/mol. The number of aliphatic hydroxyl groups excluding tert-OH is 1. The van der Waals surface area contributed by atoms with E-state index in [2.05, 4.69) is 23.9 Å². The van der Waals surface area contributed by atoms with Gasteiger partial charge in [-0.15, -0.1) is 0 Å². The Morgan fingerprint density at radius 2 is 2.29 bits per heavy atom. The summed E-state index contributed by atoms with van der Waals surface area (Å²) >= 11 is 0. The molecule has 1 heterocycles. The van der Waals surface area contributed by atoms with Crippen molar-refractivity contribution in [2.24, 2.45) is 0 Å². The molecule has 0 aliphatic rings. The second kappa shape index (κ2) is 5.12. The molecule has 1 rings (SSSR count). The highest BCUT2D eigenvalue weighted by Crippen LogP contribution is 2.08. The molecule has 0 fully saturated rings. The van der Waals surface area contributed by atoms with E-state index in [1.54, 1.807) is 0 Å². The van der Waals surface area contributed by atoms with Gasteiger partial charge in [-0.25, -0.2) is 0 Å². The van der Waals surface area contributed by atoms with Crippen LogP contribution in [0.4, 0.5) is 0 Å². The molecule has 1 aromatic heterocycles. The van der Waals surface area contributed by atoms with E-state index in [0.717, 1.165) is 18.0 Å². The third-order valence-electron chi connectivity index (χ3n) is 2.16. The van der Waals surface area contributed by atoms with Crippen LogP contribution in [0.1, 0.15) is 25.3 Å². The molecule has 4 nitrogen and oxygen atoms in total. The Morgan fingerprint density at radius 1 is 1.57 bits per heavy atom. The number of nitrogens with zero attached hydrogens (tertiary/aromatic N) is 2. The lowest BCUT2D eigenvalue weighted by atomic mass is 10.3. The summed E-state index contributed by atoms with van der Waals surface area (Å²) in [5.41, 5.74) is 0.921. The number of aliphatic hydroxyl groups is 1. The average Bonchev–Trinajstić information content (AvgIpc) is 2.50. The summed E-state index contributed by atoms with van der Waals surface area (Å²) in [4.78, 5) is 2.15. The van der Waals surface area contributed by atoms with Crippen LogP contribution in [0.5, 0.6) is 0 Å². The Balaban J connectivity index is 2.55. The minimum absolute atomic E-state index is 0.176. The summed E-state index contributed by atoms with van der Waals surface area (Å²) in [6.07, 6.45) is 0. The Labute approximate surface area is 84.5 Å². The van der Waals surface area contributed by atoms with Gasteiger partial charge in [-0.05, 0) is 20.8 Å². The normalized spacial score (nSPS) is 11.6. The summed E-state index contributed by atoms with van der Waals surface area (Å²) in [6, 6.07) is 2.33. The van der Waals surface area contributed by atoms with Crippen molar-refractivity contribution in [1.29, 1.82) is 0 Å². The van der Waals surface area contributed by atoms with Gasteiger partial charge in [0.25, 0.3) is 0 Å². The first kappa shape index (κ1) is 11.2. The lowest BCUT2D eigenvalue weighted by Gasteiger charge is -2.24. The molecule has 0 radical (unpaired) electrons. The zero-order chi connectivity index (χ0) is 10.6. The maximum Gasteiger partial charge on any atom is 0.133 e. The van der Waals surface area contributed by atoms with Gasteiger partial charge in [0.2, 0.25) is 0 Å². The molecule has 1 aromatic rings. The van der Waals surface area contributed by atoms with Crippen molar-refractivity contribution in [2.75, 3.05) is 13.2 Å². The molecular formula is C10H18N2O2. The Morgan fingerprint density at radius 3 is 2.71 bits per heavy atom. The van der Waals surface area contributed by atoms with Gasteiger partial charge < -0.3 is 9.63 Å². The van der Waals surface area contributed by atoms with Gasteiger partial charge in [0, 0.05) is 25.2 Å². The van der Waals surface area contributed by atoms with E-state index in [4.69, 9.17) is 9.63 Å². The zero-order valence-corrected chi connectivity index (χ0v) is 9.03. The molecule has 0 aromatic carbocycles. The zero-order valence-electron chi connectivity index (χ0n) is 9.03. The molecule has 0 aliphatic heterocycles. The maximum absolute atomic E-state index is 8.88. The monoisotopic (exact) mass is 198 g/mol. The van der Waals surface area contributed by atoms with Crippen molar-refractivity contribution in [2.45, 2.75) is 33.4 Å². The van der Waals surface area contributed by atoms with E-state index in [9.17, 15) is 0 Å². The lowest BCUT2D eigenvalue weighted by molar-refractivity contribution is 0.156. The summed E-state index contributed by atoms with van der Waals surface area (Å²) in [7, 11) is 0. The van der Waals surface area contributed by atoms with Crippen molar-refractivity contribution in [3.63, 3.8) is 0 Å². The molecule has 0 bridgehead atoms. The standard InChI is InChI=1S/C10H18N2O2/c1-8(2)12(4-5-13)7-10-6-9(3)14-11-10/h6,8,13H,4-5,7H2,1-3H3. The van der Waals surface area contributed by atoms with Crippen LogP contribution < -0.4 is 0 Å². The number of aromatic nitrogens is 1. The third kappa shape index (κ3) is 3.12. The van der Waals surface area contributed by atoms with E-state index in [-0.39, 0.29) is 6.61 Å². The average molecular weight is 198 g/mol. The third-order valence-corrected chi connectivity index (χ3v) is 2.16. The Bertz CT molecular complexity index is 271. The molecule has 14 heavy (non-hydrogen) atoms. The van der Waals surface area contributed by atoms with E-state index in [1.165, 1.54) is 0 Å². The number of aryl methyl sites for hydroxylation is 1. The molecule has 0 amide bonds. The van der Waals surface area contributed by atoms with Gasteiger partial charge in [-0.1, -0.05) is 5.16 Å². The SMILES string of the molecule is Cc1cc(CN(CCO)C(C)C)no1. The molecule has 0 saturated heterocycles. The van der Waals surface area contributed by atoms with Crippen molar-refractivity contribution in [3.8, 4) is 0 Å². The second-order valence-corrected chi connectivity index (χ2v) is 3.72. The van der Waals surface area contributed by atoms with Gasteiger partial charge >= 0.3 is 0 Å². The van der Waals surface area contributed by atoms with Crippen molar-refractivity contribution in [1.82, 2.24) is 10.1 Å². The van der Waals surface area contributed by atoms with E-state index < -0.39 is 0 Å². The molecule has 80 valence electrons. The Hall–Kier alpha value is -0.870. The van der Waals surface area contributed by atoms with Gasteiger partial charge in [0.1, 0.15) is 5.76 Å². The van der Waals surface area contributed by atoms with E-state index >= 15 is 0 Å². The quantitative estimate of drug-likeness (QED) is 0.772. The summed E-state index contributed by atoms with van der Waals surface area (Å²) in [5.74, 6) is 0.827.